The van der Waals surface area contributed by atoms with Crippen molar-refractivity contribution < 1.29 is 13.2 Å². The van der Waals surface area contributed by atoms with E-state index in [1.807, 2.05) is 30.0 Å². The third-order valence-electron chi connectivity index (χ3n) is 4.83. The molecule has 0 atom stereocenters. The van der Waals surface area contributed by atoms with Gasteiger partial charge in [-0.05, 0) is 25.1 Å². The Labute approximate surface area is 176 Å². The fourth-order valence-electron chi connectivity index (χ4n) is 3.31. The third-order valence-corrected chi connectivity index (χ3v) is 5.11. The lowest BCUT2D eigenvalue weighted by atomic mass is 10.2. The molecule has 0 aliphatic carbocycles. The largest absolute Gasteiger partial charge is 0.417 e. The second-order valence-corrected chi connectivity index (χ2v) is 7.34. The number of rotatable bonds is 3. The van der Waals surface area contributed by atoms with E-state index >= 15 is 0 Å². The maximum Gasteiger partial charge on any atom is 0.417 e. The maximum absolute atomic E-state index is 12.8. The fourth-order valence-corrected chi connectivity index (χ4v) is 3.60. The van der Waals surface area contributed by atoms with Gasteiger partial charge in [0.15, 0.2) is 5.82 Å². The van der Waals surface area contributed by atoms with E-state index in [0.29, 0.717) is 37.8 Å². The highest BCUT2D eigenvalue weighted by Gasteiger charge is 2.32. The van der Waals surface area contributed by atoms with Crippen LogP contribution in [-0.4, -0.2) is 46.1 Å². The second kappa shape index (κ2) is 8.06. The third kappa shape index (κ3) is 4.30. The van der Waals surface area contributed by atoms with Gasteiger partial charge in [-0.2, -0.15) is 13.2 Å². The number of alkyl halides is 3. The Bertz CT molecular complexity index is 1040. The molecular weight excluding hydrogens is 417 g/mol. The molecule has 0 bridgehead atoms. The Balaban J connectivity index is 1.50. The van der Waals surface area contributed by atoms with Crippen molar-refractivity contribution in [2.75, 3.05) is 36.0 Å². The van der Waals surface area contributed by atoms with Crippen molar-refractivity contribution in [3.05, 3.63) is 59.1 Å². The van der Waals surface area contributed by atoms with Crippen LogP contribution in [-0.2, 0) is 6.18 Å². The van der Waals surface area contributed by atoms with Crippen molar-refractivity contribution in [1.29, 1.82) is 0 Å². The van der Waals surface area contributed by atoms with Gasteiger partial charge in [0.25, 0.3) is 0 Å². The molecule has 1 aliphatic rings. The van der Waals surface area contributed by atoms with Crippen LogP contribution < -0.4 is 9.80 Å². The van der Waals surface area contributed by atoms with Gasteiger partial charge < -0.3 is 9.80 Å². The minimum Gasteiger partial charge on any atom is -0.353 e. The van der Waals surface area contributed by atoms with Gasteiger partial charge in [-0.3, -0.25) is 4.98 Å². The highest BCUT2D eigenvalue weighted by Crippen LogP contribution is 2.34. The maximum atomic E-state index is 12.8. The number of halogens is 4. The highest BCUT2D eigenvalue weighted by atomic mass is 35.5. The van der Waals surface area contributed by atoms with Crippen molar-refractivity contribution in [3.63, 3.8) is 0 Å². The zero-order chi connectivity index (χ0) is 21.3. The fraction of sp³-hybridized carbons (Fsp3) is 0.300. The molecule has 4 rings (SSSR count). The van der Waals surface area contributed by atoms with Gasteiger partial charge in [-0.25, -0.2) is 15.0 Å². The summed E-state index contributed by atoms with van der Waals surface area (Å²) in [5, 5.41) is -0.00358. The molecule has 156 valence electrons. The molecule has 0 saturated carbocycles. The smallest absolute Gasteiger partial charge is 0.353 e. The highest BCUT2D eigenvalue weighted by molar-refractivity contribution is 6.33. The zero-order valence-electron chi connectivity index (χ0n) is 16.1. The van der Waals surface area contributed by atoms with Crippen LogP contribution in [0.1, 0.15) is 11.3 Å². The standard InChI is InChI=1S/C20H18ClF3N6/c1-13-10-17(28-18(27-13)14-2-4-25-5-3-14)29-6-8-30(9-7-29)19-16(21)11-15(12-26-19)20(22,23)24/h2-5,10-12H,6-9H2,1H3. The van der Waals surface area contributed by atoms with E-state index in [4.69, 9.17) is 11.6 Å². The van der Waals surface area contributed by atoms with Gasteiger partial charge in [0.2, 0.25) is 0 Å². The molecule has 3 aromatic rings. The Morgan fingerprint density at radius 3 is 2.27 bits per heavy atom. The van der Waals surface area contributed by atoms with Crippen LogP contribution in [0.3, 0.4) is 0 Å². The molecule has 3 aromatic heterocycles. The summed E-state index contributed by atoms with van der Waals surface area (Å²) in [7, 11) is 0. The number of pyridine rings is 2. The van der Waals surface area contributed by atoms with Crippen LogP contribution in [0.5, 0.6) is 0 Å². The van der Waals surface area contributed by atoms with E-state index in [1.165, 1.54) is 0 Å². The molecule has 0 N–H and O–H groups in total. The van der Waals surface area contributed by atoms with Crippen LogP contribution in [0.25, 0.3) is 11.4 Å². The molecule has 0 unspecified atom stereocenters. The number of aromatic nitrogens is 4. The summed E-state index contributed by atoms with van der Waals surface area (Å²) in [5.41, 5.74) is 0.881. The summed E-state index contributed by atoms with van der Waals surface area (Å²) in [6.07, 6.45) is -0.256. The summed E-state index contributed by atoms with van der Waals surface area (Å²) < 4.78 is 38.5. The normalized spacial score (nSPS) is 14.8. The van der Waals surface area contributed by atoms with Crippen molar-refractivity contribution >= 4 is 23.2 Å². The SMILES string of the molecule is Cc1cc(N2CCN(c3ncc(C(F)(F)F)cc3Cl)CC2)nc(-c2ccncc2)n1. The average molecular weight is 435 g/mol. The van der Waals surface area contributed by atoms with Crippen LogP contribution >= 0.6 is 11.6 Å². The molecule has 0 spiro atoms. The number of piperazine rings is 1. The number of aryl methyl sites for hydroxylation is 1. The number of nitrogens with zero attached hydrogens (tertiary/aromatic N) is 6. The molecule has 0 radical (unpaired) electrons. The molecule has 1 fully saturated rings. The minimum absolute atomic E-state index is 0.00358. The first-order chi connectivity index (χ1) is 14.3. The predicted octanol–water partition coefficient (Wildman–Crippen LogP) is 4.24. The molecule has 30 heavy (non-hydrogen) atoms. The van der Waals surface area contributed by atoms with Crippen molar-refractivity contribution in [3.8, 4) is 11.4 Å². The predicted molar refractivity (Wildman–Crippen MR) is 109 cm³/mol. The molecule has 0 aromatic carbocycles. The van der Waals surface area contributed by atoms with Crippen LogP contribution in [0.4, 0.5) is 24.8 Å². The van der Waals surface area contributed by atoms with E-state index in [-0.39, 0.29) is 5.02 Å². The summed E-state index contributed by atoms with van der Waals surface area (Å²) in [5.74, 6) is 1.79. The molecule has 0 amide bonds. The molecule has 10 heteroatoms. The average Bonchev–Trinajstić information content (AvgIpc) is 2.73. The van der Waals surface area contributed by atoms with E-state index in [1.54, 1.807) is 12.4 Å². The van der Waals surface area contributed by atoms with Crippen molar-refractivity contribution in [1.82, 2.24) is 19.9 Å². The van der Waals surface area contributed by atoms with Gasteiger partial charge in [0.1, 0.15) is 11.6 Å². The topological polar surface area (TPSA) is 58.0 Å². The first-order valence-electron chi connectivity index (χ1n) is 9.30. The quantitative estimate of drug-likeness (QED) is 0.614. The second-order valence-electron chi connectivity index (χ2n) is 6.93. The Kier molecular flexibility index (Phi) is 5.46. The van der Waals surface area contributed by atoms with Crippen molar-refractivity contribution in [2.24, 2.45) is 0 Å². The van der Waals surface area contributed by atoms with Gasteiger partial charge in [0.05, 0.1) is 10.6 Å². The first kappa shape index (κ1) is 20.3. The monoisotopic (exact) mass is 434 g/mol. The number of hydrogen-bond acceptors (Lipinski definition) is 6. The van der Waals surface area contributed by atoms with Gasteiger partial charge in [-0.1, -0.05) is 11.6 Å². The van der Waals surface area contributed by atoms with Crippen LogP contribution in [0, 0.1) is 6.92 Å². The Hall–Kier alpha value is -2.94. The summed E-state index contributed by atoms with van der Waals surface area (Å²) in [4.78, 5) is 21.2. The lowest BCUT2D eigenvalue weighted by molar-refractivity contribution is -0.137. The lowest BCUT2D eigenvalue weighted by Gasteiger charge is -2.36. The first-order valence-corrected chi connectivity index (χ1v) is 9.68. The minimum atomic E-state index is -4.47. The van der Waals surface area contributed by atoms with E-state index in [2.05, 4.69) is 24.8 Å². The van der Waals surface area contributed by atoms with Crippen molar-refractivity contribution in [2.45, 2.75) is 13.1 Å². The zero-order valence-corrected chi connectivity index (χ0v) is 16.8. The Morgan fingerprint density at radius 2 is 1.63 bits per heavy atom. The van der Waals surface area contributed by atoms with Crippen LogP contribution in [0.2, 0.25) is 5.02 Å². The number of hydrogen-bond donors (Lipinski definition) is 0. The number of anilines is 2. The molecule has 1 saturated heterocycles. The molecule has 6 nitrogen and oxygen atoms in total. The summed E-state index contributed by atoms with van der Waals surface area (Å²) >= 11 is 6.09. The van der Waals surface area contributed by atoms with Gasteiger partial charge in [0, 0.05) is 62.1 Å². The lowest BCUT2D eigenvalue weighted by Crippen LogP contribution is -2.47. The van der Waals surface area contributed by atoms with Crippen LogP contribution in [0.15, 0.2) is 42.9 Å². The Morgan fingerprint density at radius 1 is 0.967 bits per heavy atom. The van der Waals surface area contributed by atoms with Gasteiger partial charge >= 0.3 is 6.18 Å². The summed E-state index contributed by atoms with van der Waals surface area (Å²) in [6, 6.07) is 6.55. The summed E-state index contributed by atoms with van der Waals surface area (Å²) in [6.45, 7) is 4.30. The van der Waals surface area contributed by atoms with E-state index in [0.717, 1.165) is 29.3 Å². The molecular formula is C20H18ClF3N6. The molecule has 1 aliphatic heterocycles. The molecule has 4 heterocycles. The van der Waals surface area contributed by atoms with Gasteiger partial charge in [-0.15, -0.1) is 0 Å². The van der Waals surface area contributed by atoms with E-state index < -0.39 is 11.7 Å². The van der Waals surface area contributed by atoms with E-state index in [9.17, 15) is 13.2 Å².